The van der Waals surface area contributed by atoms with Crippen LogP contribution in [0.15, 0.2) is 12.2 Å². The summed E-state index contributed by atoms with van der Waals surface area (Å²) in [5.41, 5.74) is 0. The highest BCUT2D eigenvalue weighted by molar-refractivity contribution is 5.89. The summed E-state index contributed by atoms with van der Waals surface area (Å²) < 4.78 is 0. The SMILES string of the molecule is O=C1[CH]CC=CC1. The summed E-state index contributed by atoms with van der Waals surface area (Å²) in [6.45, 7) is 0. The Hall–Kier alpha value is -0.590. The third kappa shape index (κ3) is 1.15. The van der Waals surface area contributed by atoms with Gasteiger partial charge in [-0.25, -0.2) is 0 Å². The van der Waals surface area contributed by atoms with E-state index in [1.54, 1.807) is 6.42 Å². The summed E-state index contributed by atoms with van der Waals surface area (Å²) in [6.07, 6.45) is 7.06. The van der Waals surface area contributed by atoms with Crippen molar-refractivity contribution in [1.29, 1.82) is 0 Å². The van der Waals surface area contributed by atoms with Gasteiger partial charge < -0.3 is 0 Å². The van der Waals surface area contributed by atoms with Gasteiger partial charge in [-0.05, 0) is 6.42 Å². The highest BCUT2D eigenvalue weighted by Crippen LogP contribution is 2.02. The van der Waals surface area contributed by atoms with Crippen molar-refractivity contribution in [1.82, 2.24) is 0 Å². The van der Waals surface area contributed by atoms with E-state index in [1.807, 2.05) is 12.2 Å². The Labute approximate surface area is 43.0 Å². The van der Waals surface area contributed by atoms with Crippen molar-refractivity contribution in [3.8, 4) is 0 Å². The smallest absolute Gasteiger partial charge is 0.140 e. The minimum absolute atomic E-state index is 0.252. The Morgan fingerprint density at radius 1 is 1.43 bits per heavy atom. The Morgan fingerprint density at radius 3 is 2.57 bits per heavy atom. The van der Waals surface area contributed by atoms with Gasteiger partial charge in [0.2, 0.25) is 0 Å². The van der Waals surface area contributed by atoms with Gasteiger partial charge in [-0.15, -0.1) is 0 Å². The predicted octanol–water partition coefficient (Wildman–Crippen LogP) is 1.11. The van der Waals surface area contributed by atoms with Crippen LogP contribution in [-0.4, -0.2) is 5.78 Å². The number of hydrogen-bond donors (Lipinski definition) is 0. The maximum atomic E-state index is 10.4. The second-order valence-corrected chi connectivity index (χ2v) is 1.58. The molecule has 7 heavy (non-hydrogen) atoms. The minimum Gasteiger partial charge on any atom is -0.299 e. The first-order valence-corrected chi connectivity index (χ1v) is 2.40. The minimum atomic E-state index is 0.252. The second-order valence-electron chi connectivity index (χ2n) is 1.58. The van der Waals surface area contributed by atoms with Crippen LogP contribution in [0.3, 0.4) is 0 Å². The van der Waals surface area contributed by atoms with Gasteiger partial charge in [-0.3, -0.25) is 4.79 Å². The zero-order valence-electron chi connectivity index (χ0n) is 4.05. The molecule has 1 radical (unpaired) electrons. The molecular formula is C6H7O. The van der Waals surface area contributed by atoms with E-state index in [1.165, 1.54) is 0 Å². The molecule has 1 heteroatoms. The first-order chi connectivity index (χ1) is 3.39. The van der Waals surface area contributed by atoms with Crippen molar-refractivity contribution in [2.45, 2.75) is 12.8 Å². The van der Waals surface area contributed by atoms with Gasteiger partial charge >= 0.3 is 0 Å². The number of allylic oxidation sites excluding steroid dienone is 2. The number of carbonyl (C=O) groups is 1. The van der Waals surface area contributed by atoms with Crippen molar-refractivity contribution < 1.29 is 4.79 Å². The topological polar surface area (TPSA) is 17.1 Å². The zero-order valence-corrected chi connectivity index (χ0v) is 4.05. The van der Waals surface area contributed by atoms with Gasteiger partial charge in [0.15, 0.2) is 0 Å². The molecule has 0 aromatic carbocycles. The third-order valence-corrected chi connectivity index (χ3v) is 0.967. The number of ketones is 1. The van der Waals surface area contributed by atoms with Gasteiger partial charge in [-0.2, -0.15) is 0 Å². The van der Waals surface area contributed by atoms with Crippen LogP contribution in [0.5, 0.6) is 0 Å². The lowest BCUT2D eigenvalue weighted by molar-refractivity contribution is -0.115. The van der Waals surface area contributed by atoms with E-state index in [2.05, 4.69) is 0 Å². The molecule has 1 aliphatic carbocycles. The fourth-order valence-electron chi connectivity index (χ4n) is 0.579. The molecule has 1 rings (SSSR count). The van der Waals surface area contributed by atoms with E-state index >= 15 is 0 Å². The lowest BCUT2D eigenvalue weighted by atomic mass is 10.1. The lowest BCUT2D eigenvalue weighted by Crippen LogP contribution is -1.98. The van der Waals surface area contributed by atoms with Crippen LogP contribution in [0.25, 0.3) is 0 Å². The number of carbonyl (C=O) groups excluding carboxylic acids is 1. The van der Waals surface area contributed by atoms with Crippen molar-refractivity contribution in [3.05, 3.63) is 18.6 Å². The molecule has 0 aromatic heterocycles. The normalized spacial score (nSPS) is 20.3. The largest absolute Gasteiger partial charge is 0.299 e. The van der Waals surface area contributed by atoms with E-state index in [0.717, 1.165) is 6.42 Å². The summed E-state index contributed by atoms with van der Waals surface area (Å²) in [5, 5.41) is 0. The molecule has 1 nitrogen and oxygen atoms in total. The number of hydrogen-bond acceptors (Lipinski definition) is 1. The van der Waals surface area contributed by atoms with Crippen LogP contribution in [0.2, 0.25) is 0 Å². The van der Waals surface area contributed by atoms with Gasteiger partial charge in [0.1, 0.15) is 5.78 Å². The predicted molar refractivity (Wildman–Crippen MR) is 27.7 cm³/mol. The van der Waals surface area contributed by atoms with E-state index < -0.39 is 0 Å². The van der Waals surface area contributed by atoms with Crippen molar-refractivity contribution in [2.75, 3.05) is 0 Å². The standard InChI is InChI=1S/C6H7O/c7-6-4-2-1-3-5-6/h1-2,5H,3-4H2. The molecule has 0 saturated carbocycles. The Morgan fingerprint density at radius 2 is 2.29 bits per heavy atom. The average Bonchev–Trinajstić information content (AvgIpc) is 1.69. The molecule has 1 aliphatic rings. The summed E-state index contributed by atoms with van der Waals surface area (Å²) in [6, 6.07) is 0. The van der Waals surface area contributed by atoms with Crippen LogP contribution in [0, 0.1) is 6.42 Å². The van der Waals surface area contributed by atoms with Crippen molar-refractivity contribution in [3.63, 3.8) is 0 Å². The maximum Gasteiger partial charge on any atom is 0.140 e. The maximum absolute atomic E-state index is 10.4. The second kappa shape index (κ2) is 1.92. The van der Waals surface area contributed by atoms with Crippen LogP contribution in [-0.2, 0) is 4.79 Å². The van der Waals surface area contributed by atoms with Crippen LogP contribution >= 0.6 is 0 Å². The van der Waals surface area contributed by atoms with E-state index in [0.29, 0.717) is 6.42 Å². The molecule has 0 unspecified atom stereocenters. The molecule has 0 saturated heterocycles. The molecule has 0 spiro atoms. The zero-order chi connectivity index (χ0) is 5.11. The number of Topliss-reactive ketones (excluding diaryl/α,β-unsaturated/α-hetero) is 1. The molecule has 0 N–H and O–H groups in total. The molecule has 0 bridgehead atoms. The first-order valence-electron chi connectivity index (χ1n) is 2.40. The molecule has 0 aromatic rings. The van der Waals surface area contributed by atoms with E-state index in [4.69, 9.17) is 0 Å². The molecule has 0 heterocycles. The molecule has 0 amide bonds. The Balaban J connectivity index is 2.47. The molecule has 0 fully saturated rings. The summed E-state index contributed by atoms with van der Waals surface area (Å²) in [7, 11) is 0. The van der Waals surface area contributed by atoms with Gasteiger partial charge in [0.25, 0.3) is 0 Å². The molecule has 0 atom stereocenters. The quantitative estimate of drug-likeness (QED) is 0.412. The molecule has 37 valence electrons. The highest BCUT2D eigenvalue weighted by atomic mass is 16.1. The van der Waals surface area contributed by atoms with Crippen molar-refractivity contribution >= 4 is 5.78 Å². The summed E-state index contributed by atoms with van der Waals surface area (Å²) in [4.78, 5) is 10.4. The lowest BCUT2D eigenvalue weighted by Gasteiger charge is -1.96. The fraction of sp³-hybridized carbons (Fsp3) is 0.333. The fourth-order valence-corrected chi connectivity index (χ4v) is 0.579. The summed E-state index contributed by atoms with van der Waals surface area (Å²) >= 11 is 0. The van der Waals surface area contributed by atoms with E-state index in [-0.39, 0.29) is 5.78 Å². The summed E-state index contributed by atoms with van der Waals surface area (Å²) in [5.74, 6) is 0.252. The molecular weight excluding hydrogens is 88.1 g/mol. The van der Waals surface area contributed by atoms with Crippen molar-refractivity contribution in [2.24, 2.45) is 0 Å². The Bertz CT molecular complexity index is 103. The van der Waals surface area contributed by atoms with Gasteiger partial charge in [-0.1, -0.05) is 12.2 Å². The Kier molecular flexibility index (Phi) is 1.25. The molecule has 0 aliphatic heterocycles. The number of rotatable bonds is 0. The van der Waals surface area contributed by atoms with Crippen LogP contribution < -0.4 is 0 Å². The van der Waals surface area contributed by atoms with Crippen LogP contribution in [0.4, 0.5) is 0 Å². The van der Waals surface area contributed by atoms with Gasteiger partial charge in [0, 0.05) is 12.8 Å². The average molecular weight is 95.1 g/mol. The van der Waals surface area contributed by atoms with E-state index in [9.17, 15) is 4.79 Å². The monoisotopic (exact) mass is 95.0 g/mol. The van der Waals surface area contributed by atoms with Crippen LogP contribution in [0.1, 0.15) is 12.8 Å². The first kappa shape index (κ1) is 4.57. The third-order valence-electron chi connectivity index (χ3n) is 0.967. The highest BCUT2D eigenvalue weighted by Gasteiger charge is 2.00. The van der Waals surface area contributed by atoms with Gasteiger partial charge in [0.05, 0.1) is 0 Å².